The second kappa shape index (κ2) is 6.60. The Kier molecular flexibility index (Phi) is 4.37. The van der Waals surface area contributed by atoms with Gasteiger partial charge in [-0.1, -0.05) is 25.1 Å². The average Bonchev–Trinajstić information content (AvgIpc) is 2.56. The van der Waals surface area contributed by atoms with Gasteiger partial charge in [-0.25, -0.2) is 0 Å². The Labute approximate surface area is 131 Å². The number of benzene rings is 1. The Morgan fingerprint density at radius 2 is 2.09 bits per heavy atom. The molecule has 114 valence electrons. The molecule has 1 N–H and O–H groups in total. The van der Waals surface area contributed by atoms with Gasteiger partial charge in [0.1, 0.15) is 5.69 Å². The Balaban J connectivity index is 1.74. The van der Waals surface area contributed by atoms with Gasteiger partial charge in [0.2, 0.25) is 0 Å². The lowest BCUT2D eigenvalue weighted by molar-refractivity contribution is 0.102. The molecule has 2 heterocycles. The van der Waals surface area contributed by atoms with E-state index in [4.69, 9.17) is 0 Å². The van der Waals surface area contributed by atoms with E-state index in [1.54, 1.807) is 6.20 Å². The number of nitrogens with zero attached hydrogens (tertiary/aromatic N) is 2. The molecule has 1 fully saturated rings. The van der Waals surface area contributed by atoms with Gasteiger partial charge in [0.25, 0.3) is 5.91 Å². The molecule has 3 rings (SSSR count). The van der Waals surface area contributed by atoms with Gasteiger partial charge in [-0.15, -0.1) is 0 Å². The summed E-state index contributed by atoms with van der Waals surface area (Å²) in [6, 6.07) is 13.3. The predicted molar refractivity (Wildman–Crippen MR) is 89.2 cm³/mol. The quantitative estimate of drug-likeness (QED) is 0.941. The monoisotopic (exact) mass is 295 g/mol. The fourth-order valence-electron chi connectivity index (χ4n) is 2.88. The molecule has 1 unspecified atom stereocenters. The molecule has 1 aliphatic heterocycles. The molecule has 4 nitrogen and oxygen atoms in total. The van der Waals surface area contributed by atoms with Crippen molar-refractivity contribution in [3.8, 4) is 0 Å². The Morgan fingerprint density at radius 3 is 2.86 bits per heavy atom. The Bertz CT molecular complexity index is 642. The van der Waals surface area contributed by atoms with Crippen LogP contribution in [0.1, 0.15) is 30.3 Å². The van der Waals surface area contributed by atoms with Crippen molar-refractivity contribution in [2.24, 2.45) is 5.92 Å². The summed E-state index contributed by atoms with van der Waals surface area (Å²) < 4.78 is 0. The number of hydrogen-bond acceptors (Lipinski definition) is 3. The third-order valence-electron chi connectivity index (χ3n) is 4.03. The van der Waals surface area contributed by atoms with Crippen LogP contribution in [0.15, 0.2) is 48.7 Å². The van der Waals surface area contributed by atoms with Crippen molar-refractivity contribution < 1.29 is 4.79 Å². The molecule has 0 saturated carbocycles. The van der Waals surface area contributed by atoms with E-state index in [1.165, 1.54) is 12.8 Å². The summed E-state index contributed by atoms with van der Waals surface area (Å²) in [4.78, 5) is 18.9. The zero-order valence-corrected chi connectivity index (χ0v) is 12.8. The molecule has 0 bridgehead atoms. The molecule has 1 aromatic carbocycles. The minimum Gasteiger partial charge on any atom is -0.371 e. The molecular formula is C18H21N3O. The average molecular weight is 295 g/mol. The number of hydrogen-bond donors (Lipinski definition) is 1. The first-order valence-corrected chi connectivity index (χ1v) is 7.80. The van der Waals surface area contributed by atoms with E-state index in [0.717, 1.165) is 24.5 Å². The summed E-state index contributed by atoms with van der Waals surface area (Å²) in [6.07, 6.45) is 4.20. The zero-order chi connectivity index (χ0) is 15.4. The van der Waals surface area contributed by atoms with E-state index >= 15 is 0 Å². The van der Waals surface area contributed by atoms with Crippen LogP contribution < -0.4 is 10.2 Å². The summed E-state index contributed by atoms with van der Waals surface area (Å²) in [5.74, 6) is 0.529. The molecule has 2 aromatic rings. The van der Waals surface area contributed by atoms with Crippen LogP contribution in [0.25, 0.3) is 0 Å². The van der Waals surface area contributed by atoms with E-state index in [9.17, 15) is 4.79 Å². The Morgan fingerprint density at radius 1 is 1.27 bits per heavy atom. The molecule has 0 spiro atoms. The highest BCUT2D eigenvalue weighted by atomic mass is 16.1. The van der Waals surface area contributed by atoms with E-state index in [-0.39, 0.29) is 5.91 Å². The number of nitrogens with one attached hydrogen (secondary N) is 1. The van der Waals surface area contributed by atoms with Crippen molar-refractivity contribution in [2.75, 3.05) is 23.3 Å². The van der Waals surface area contributed by atoms with Gasteiger partial charge in [-0.05, 0) is 43.0 Å². The normalized spacial score (nSPS) is 18.0. The number of anilines is 2. The molecule has 22 heavy (non-hydrogen) atoms. The first-order valence-electron chi connectivity index (χ1n) is 7.80. The van der Waals surface area contributed by atoms with Gasteiger partial charge in [0.15, 0.2) is 0 Å². The van der Waals surface area contributed by atoms with Crippen molar-refractivity contribution in [3.63, 3.8) is 0 Å². The van der Waals surface area contributed by atoms with Gasteiger partial charge >= 0.3 is 0 Å². The highest BCUT2D eigenvalue weighted by molar-refractivity contribution is 6.03. The first kappa shape index (κ1) is 14.6. The van der Waals surface area contributed by atoms with Gasteiger partial charge in [-0.2, -0.15) is 0 Å². The smallest absolute Gasteiger partial charge is 0.274 e. The third-order valence-corrected chi connectivity index (χ3v) is 4.03. The van der Waals surface area contributed by atoms with Crippen molar-refractivity contribution in [2.45, 2.75) is 19.8 Å². The Hall–Kier alpha value is -2.36. The fourth-order valence-corrected chi connectivity index (χ4v) is 2.88. The number of para-hydroxylation sites is 1. The fraction of sp³-hybridized carbons (Fsp3) is 0.333. The first-order chi connectivity index (χ1) is 10.7. The number of aromatic nitrogens is 1. The van der Waals surface area contributed by atoms with Crippen molar-refractivity contribution in [1.29, 1.82) is 0 Å². The lowest BCUT2D eigenvalue weighted by atomic mass is 10.00. The number of carbonyl (C=O) groups excluding carboxylic acids is 1. The number of rotatable bonds is 3. The van der Waals surface area contributed by atoms with Gasteiger partial charge in [0, 0.05) is 30.7 Å². The number of amides is 1. The molecule has 1 aliphatic rings. The van der Waals surface area contributed by atoms with Gasteiger partial charge in [-0.3, -0.25) is 9.78 Å². The minimum atomic E-state index is -0.168. The predicted octanol–water partition coefficient (Wildman–Crippen LogP) is 3.57. The minimum absolute atomic E-state index is 0.168. The lowest BCUT2D eigenvalue weighted by Crippen LogP contribution is -2.34. The van der Waals surface area contributed by atoms with E-state index in [1.807, 2.05) is 42.5 Å². The van der Waals surface area contributed by atoms with Crippen LogP contribution in [-0.2, 0) is 0 Å². The molecule has 1 amide bonds. The second-order valence-electron chi connectivity index (χ2n) is 5.91. The second-order valence-corrected chi connectivity index (χ2v) is 5.91. The van der Waals surface area contributed by atoms with Crippen molar-refractivity contribution in [3.05, 3.63) is 54.4 Å². The lowest BCUT2D eigenvalue weighted by Gasteiger charge is -2.32. The molecule has 4 heteroatoms. The summed E-state index contributed by atoms with van der Waals surface area (Å²) in [5, 5.41) is 2.88. The van der Waals surface area contributed by atoms with Crippen molar-refractivity contribution in [1.82, 2.24) is 4.98 Å². The number of pyridine rings is 1. The third kappa shape index (κ3) is 3.45. The van der Waals surface area contributed by atoms with E-state index < -0.39 is 0 Å². The van der Waals surface area contributed by atoms with Crippen LogP contribution in [0.5, 0.6) is 0 Å². The SMILES string of the molecule is CC1CCCN(c2ccnc(C(=O)Nc3ccccc3)c2)C1. The molecule has 1 atom stereocenters. The highest BCUT2D eigenvalue weighted by Crippen LogP contribution is 2.23. The summed E-state index contributed by atoms with van der Waals surface area (Å²) >= 11 is 0. The maximum atomic E-state index is 12.3. The van der Waals surface area contributed by atoms with E-state index in [2.05, 4.69) is 22.1 Å². The standard InChI is InChI=1S/C18H21N3O/c1-14-6-5-11-21(13-14)16-9-10-19-17(12-16)18(22)20-15-7-3-2-4-8-15/h2-4,7-10,12,14H,5-6,11,13H2,1H3,(H,20,22). The van der Waals surface area contributed by atoms with E-state index in [0.29, 0.717) is 11.6 Å². The molecular weight excluding hydrogens is 274 g/mol. The molecule has 1 aromatic heterocycles. The number of piperidine rings is 1. The van der Waals surface area contributed by atoms with Crippen LogP contribution in [0.3, 0.4) is 0 Å². The van der Waals surface area contributed by atoms with Crippen LogP contribution in [0.4, 0.5) is 11.4 Å². The highest BCUT2D eigenvalue weighted by Gasteiger charge is 2.18. The summed E-state index contributed by atoms with van der Waals surface area (Å²) in [7, 11) is 0. The van der Waals surface area contributed by atoms with Crippen LogP contribution >= 0.6 is 0 Å². The largest absolute Gasteiger partial charge is 0.371 e. The number of carbonyl (C=O) groups is 1. The van der Waals surface area contributed by atoms with Gasteiger partial charge in [0.05, 0.1) is 0 Å². The molecule has 0 radical (unpaired) electrons. The van der Waals surface area contributed by atoms with Crippen LogP contribution in [-0.4, -0.2) is 24.0 Å². The van der Waals surface area contributed by atoms with Crippen molar-refractivity contribution >= 4 is 17.3 Å². The van der Waals surface area contributed by atoms with Crippen LogP contribution in [0, 0.1) is 5.92 Å². The topological polar surface area (TPSA) is 45.2 Å². The summed E-state index contributed by atoms with van der Waals surface area (Å²) in [6.45, 7) is 4.37. The summed E-state index contributed by atoms with van der Waals surface area (Å²) in [5.41, 5.74) is 2.32. The zero-order valence-electron chi connectivity index (χ0n) is 12.8. The maximum Gasteiger partial charge on any atom is 0.274 e. The van der Waals surface area contributed by atoms with Gasteiger partial charge < -0.3 is 10.2 Å². The maximum absolute atomic E-state index is 12.3. The molecule has 1 saturated heterocycles. The van der Waals surface area contributed by atoms with Crippen LogP contribution in [0.2, 0.25) is 0 Å². The molecule has 0 aliphatic carbocycles.